The van der Waals surface area contributed by atoms with Crippen LogP contribution in [0.25, 0.3) is 0 Å². The van der Waals surface area contributed by atoms with Crippen molar-refractivity contribution in [3.8, 4) is 0 Å². The highest BCUT2D eigenvalue weighted by Gasteiger charge is 2.30. The summed E-state index contributed by atoms with van der Waals surface area (Å²) in [5.74, 6) is 0. The van der Waals surface area contributed by atoms with Crippen molar-refractivity contribution in [3.05, 3.63) is 35.9 Å². The van der Waals surface area contributed by atoms with Gasteiger partial charge in [-0.25, -0.2) is 0 Å². The second-order valence-corrected chi connectivity index (χ2v) is 4.20. The molecule has 2 unspecified atom stereocenters. The van der Waals surface area contributed by atoms with E-state index in [2.05, 4.69) is 43.4 Å². The van der Waals surface area contributed by atoms with Crippen LogP contribution in [0.5, 0.6) is 0 Å². The molecule has 0 radical (unpaired) electrons. The van der Waals surface area contributed by atoms with Crippen LogP contribution in [0.2, 0.25) is 0 Å². The number of benzene rings is 1. The Morgan fingerprint density at radius 3 is 2.64 bits per heavy atom. The Labute approximate surface area is 85.3 Å². The minimum Gasteiger partial charge on any atom is -0.375 e. The summed E-state index contributed by atoms with van der Waals surface area (Å²) in [5, 5.41) is 3.54. The summed E-state index contributed by atoms with van der Waals surface area (Å²) < 4.78 is 5.69. The summed E-state index contributed by atoms with van der Waals surface area (Å²) in [6.07, 6.45) is 0.326. The molecule has 2 rings (SSSR count). The molecule has 1 saturated heterocycles. The molecule has 0 saturated carbocycles. The van der Waals surface area contributed by atoms with Gasteiger partial charge in [0.05, 0.1) is 18.2 Å². The summed E-state index contributed by atoms with van der Waals surface area (Å²) in [4.78, 5) is 0. The van der Waals surface area contributed by atoms with Gasteiger partial charge in [-0.05, 0) is 19.4 Å². The van der Waals surface area contributed by atoms with Crippen molar-refractivity contribution in [1.82, 2.24) is 5.32 Å². The third kappa shape index (κ3) is 1.81. The number of hydrogen-bond donors (Lipinski definition) is 1. The van der Waals surface area contributed by atoms with Gasteiger partial charge in [-0.15, -0.1) is 0 Å². The SMILES string of the molecule is CC1CNC(C)(c2ccccc2)CO1. The molecule has 1 heterocycles. The zero-order valence-electron chi connectivity index (χ0n) is 8.79. The third-order valence-corrected chi connectivity index (χ3v) is 2.85. The maximum absolute atomic E-state index is 5.69. The fraction of sp³-hybridized carbons (Fsp3) is 0.500. The largest absolute Gasteiger partial charge is 0.375 e. The first kappa shape index (κ1) is 9.69. The first-order chi connectivity index (χ1) is 6.71. The summed E-state index contributed by atoms with van der Waals surface area (Å²) >= 11 is 0. The van der Waals surface area contributed by atoms with E-state index in [1.165, 1.54) is 5.56 Å². The Morgan fingerprint density at radius 2 is 2.07 bits per heavy atom. The highest BCUT2D eigenvalue weighted by Crippen LogP contribution is 2.24. The topological polar surface area (TPSA) is 21.3 Å². The molecule has 76 valence electrons. The van der Waals surface area contributed by atoms with Crippen molar-refractivity contribution < 1.29 is 4.74 Å². The maximum Gasteiger partial charge on any atom is 0.0691 e. The molecule has 0 spiro atoms. The zero-order valence-corrected chi connectivity index (χ0v) is 8.79. The molecule has 1 N–H and O–H groups in total. The molecule has 1 aromatic carbocycles. The van der Waals surface area contributed by atoms with Gasteiger partial charge in [0.25, 0.3) is 0 Å². The average Bonchev–Trinajstić information content (AvgIpc) is 2.24. The predicted octanol–water partition coefficient (Wildman–Crippen LogP) is 1.91. The Morgan fingerprint density at radius 1 is 1.36 bits per heavy atom. The Kier molecular flexibility index (Phi) is 2.57. The predicted molar refractivity (Wildman–Crippen MR) is 57.2 cm³/mol. The lowest BCUT2D eigenvalue weighted by molar-refractivity contribution is -0.0194. The van der Waals surface area contributed by atoms with Gasteiger partial charge >= 0.3 is 0 Å². The van der Waals surface area contributed by atoms with Crippen LogP contribution in [0.15, 0.2) is 30.3 Å². The number of rotatable bonds is 1. The second kappa shape index (κ2) is 3.71. The highest BCUT2D eigenvalue weighted by atomic mass is 16.5. The van der Waals surface area contributed by atoms with Crippen LogP contribution in [0.3, 0.4) is 0 Å². The smallest absolute Gasteiger partial charge is 0.0691 e. The van der Waals surface area contributed by atoms with E-state index in [0.717, 1.165) is 13.2 Å². The molecule has 2 nitrogen and oxygen atoms in total. The minimum absolute atomic E-state index is 0.0201. The molecule has 1 fully saturated rings. The zero-order chi connectivity index (χ0) is 10.0. The number of hydrogen-bond acceptors (Lipinski definition) is 2. The molecule has 0 aliphatic carbocycles. The number of morpholine rings is 1. The van der Waals surface area contributed by atoms with Crippen molar-refractivity contribution >= 4 is 0 Å². The first-order valence-electron chi connectivity index (χ1n) is 5.13. The van der Waals surface area contributed by atoms with Crippen molar-refractivity contribution in [2.45, 2.75) is 25.5 Å². The monoisotopic (exact) mass is 191 g/mol. The van der Waals surface area contributed by atoms with Crippen LogP contribution in [0.1, 0.15) is 19.4 Å². The maximum atomic E-state index is 5.69. The Hall–Kier alpha value is -0.860. The van der Waals surface area contributed by atoms with E-state index in [0.29, 0.717) is 6.10 Å². The summed E-state index contributed by atoms with van der Waals surface area (Å²) in [5.41, 5.74) is 1.28. The van der Waals surface area contributed by atoms with E-state index in [4.69, 9.17) is 4.74 Å². The van der Waals surface area contributed by atoms with Crippen LogP contribution < -0.4 is 5.32 Å². The third-order valence-electron chi connectivity index (χ3n) is 2.85. The molecule has 0 bridgehead atoms. The second-order valence-electron chi connectivity index (χ2n) is 4.20. The lowest BCUT2D eigenvalue weighted by Gasteiger charge is -2.38. The van der Waals surface area contributed by atoms with Crippen LogP contribution in [-0.4, -0.2) is 19.3 Å². The van der Waals surface area contributed by atoms with E-state index in [1.54, 1.807) is 0 Å². The quantitative estimate of drug-likeness (QED) is 0.732. The molecular formula is C12H17NO. The number of nitrogens with one attached hydrogen (secondary N) is 1. The van der Waals surface area contributed by atoms with E-state index in [-0.39, 0.29) is 5.54 Å². The van der Waals surface area contributed by atoms with Crippen LogP contribution >= 0.6 is 0 Å². The first-order valence-corrected chi connectivity index (χ1v) is 5.13. The summed E-state index contributed by atoms with van der Waals surface area (Å²) in [6.45, 7) is 5.95. The molecule has 0 amide bonds. The highest BCUT2D eigenvalue weighted by molar-refractivity contribution is 5.24. The Bertz CT molecular complexity index is 288. The van der Waals surface area contributed by atoms with Crippen molar-refractivity contribution in [3.63, 3.8) is 0 Å². The molecule has 1 aliphatic heterocycles. The molecular weight excluding hydrogens is 174 g/mol. The van der Waals surface area contributed by atoms with Gasteiger partial charge in [-0.2, -0.15) is 0 Å². The van der Waals surface area contributed by atoms with Gasteiger partial charge in [0.2, 0.25) is 0 Å². The van der Waals surface area contributed by atoms with Gasteiger partial charge < -0.3 is 10.1 Å². The van der Waals surface area contributed by atoms with Crippen molar-refractivity contribution in [2.75, 3.05) is 13.2 Å². The molecule has 1 aliphatic rings. The molecule has 0 aromatic heterocycles. The van der Waals surface area contributed by atoms with Gasteiger partial charge in [-0.1, -0.05) is 30.3 Å². The summed E-state index contributed by atoms with van der Waals surface area (Å²) in [7, 11) is 0. The van der Waals surface area contributed by atoms with E-state index in [1.807, 2.05) is 6.07 Å². The van der Waals surface area contributed by atoms with E-state index >= 15 is 0 Å². The van der Waals surface area contributed by atoms with E-state index < -0.39 is 0 Å². The van der Waals surface area contributed by atoms with Crippen molar-refractivity contribution in [2.24, 2.45) is 0 Å². The molecule has 14 heavy (non-hydrogen) atoms. The normalized spacial score (nSPS) is 32.9. The molecule has 2 atom stereocenters. The minimum atomic E-state index is -0.0201. The van der Waals surface area contributed by atoms with Crippen molar-refractivity contribution in [1.29, 1.82) is 0 Å². The van der Waals surface area contributed by atoms with Gasteiger partial charge in [0.15, 0.2) is 0 Å². The molecule has 2 heteroatoms. The van der Waals surface area contributed by atoms with Gasteiger partial charge in [0.1, 0.15) is 0 Å². The van der Waals surface area contributed by atoms with Crippen LogP contribution in [-0.2, 0) is 10.3 Å². The van der Waals surface area contributed by atoms with Crippen LogP contribution in [0.4, 0.5) is 0 Å². The van der Waals surface area contributed by atoms with Gasteiger partial charge in [0, 0.05) is 6.54 Å². The van der Waals surface area contributed by atoms with Gasteiger partial charge in [-0.3, -0.25) is 0 Å². The Balaban J connectivity index is 2.17. The summed E-state index contributed by atoms with van der Waals surface area (Å²) in [6, 6.07) is 10.5. The molecule has 1 aromatic rings. The standard InChI is InChI=1S/C12H17NO/c1-10-8-13-12(2,9-14-10)11-6-4-3-5-7-11/h3-7,10,13H,8-9H2,1-2H3. The fourth-order valence-electron chi connectivity index (χ4n) is 1.78. The van der Waals surface area contributed by atoms with E-state index in [9.17, 15) is 0 Å². The lowest BCUT2D eigenvalue weighted by Crippen LogP contribution is -2.52. The average molecular weight is 191 g/mol. The number of ether oxygens (including phenoxy) is 1. The fourth-order valence-corrected chi connectivity index (χ4v) is 1.78. The van der Waals surface area contributed by atoms with Crippen LogP contribution in [0, 0.1) is 0 Å². The lowest BCUT2D eigenvalue weighted by atomic mass is 9.91.